The number of anilines is 2. The van der Waals surface area contributed by atoms with Gasteiger partial charge < -0.3 is 15.5 Å². The van der Waals surface area contributed by atoms with Crippen LogP contribution in [0.3, 0.4) is 0 Å². The normalized spacial score (nSPS) is 16.1. The SMILES string of the molecule is Cc1ccc(NC(=O)N2CCC[C@H](c3nnc(C(=O)Nc4ccccc4)s3)C2)c(C)c1. The lowest BCUT2D eigenvalue weighted by Gasteiger charge is -2.31. The van der Waals surface area contributed by atoms with Crippen molar-refractivity contribution in [3.05, 3.63) is 69.7 Å². The zero-order valence-electron chi connectivity index (χ0n) is 17.6. The Kier molecular flexibility index (Phi) is 6.27. The number of para-hydroxylation sites is 1. The van der Waals surface area contributed by atoms with E-state index in [-0.39, 0.29) is 17.9 Å². The molecule has 1 aromatic heterocycles. The molecule has 3 amide bonds. The van der Waals surface area contributed by atoms with Crippen molar-refractivity contribution >= 4 is 34.6 Å². The molecular formula is C23H25N5O2S. The largest absolute Gasteiger partial charge is 0.324 e. The summed E-state index contributed by atoms with van der Waals surface area (Å²) in [6.45, 7) is 5.29. The lowest BCUT2D eigenvalue weighted by molar-refractivity contribution is 0.102. The first-order valence-electron chi connectivity index (χ1n) is 10.3. The van der Waals surface area contributed by atoms with Crippen LogP contribution in [0.2, 0.25) is 0 Å². The number of aryl methyl sites for hydroxylation is 2. The van der Waals surface area contributed by atoms with Crippen LogP contribution in [0.1, 0.15) is 44.7 Å². The minimum absolute atomic E-state index is 0.0781. The Morgan fingerprint density at radius 1 is 1.06 bits per heavy atom. The number of nitrogens with one attached hydrogen (secondary N) is 2. The quantitative estimate of drug-likeness (QED) is 0.615. The van der Waals surface area contributed by atoms with Gasteiger partial charge in [-0.15, -0.1) is 10.2 Å². The molecule has 0 bridgehead atoms. The third-order valence-corrected chi connectivity index (χ3v) is 6.43. The second-order valence-corrected chi connectivity index (χ2v) is 8.81. The number of nitrogens with zero attached hydrogens (tertiary/aromatic N) is 3. The minimum Gasteiger partial charge on any atom is -0.324 e. The Hall–Kier alpha value is -3.26. The summed E-state index contributed by atoms with van der Waals surface area (Å²) in [6.07, 6.45) is 1.80. The van der Waals surface area contributed by atoms with E-state index in [1.807, 2.05) is 61.2 Å². The first kappa shape index (κ1) is 21.0. The van der Waals surface area contributed by atoms with Crippen molar-refractivity contribution in [1.29, 1.82) is 0 Å². The van der Waals surface area contributed by atoms with Crippen LogP contribution in [0.5, 0.6) is 0 Å². The number of carbonyl (C=O) groups excluding carboxylic acids is 2. The van der Waals surface area contributed by atoms with Gasteiger partial charge in [0.05, 0.1) is 0 Å². The molecule has 2 heterocycles. The van der Waals surface area contributed by atoms with E-state index in [2.05, 4.69) is 26.9 Å². The second kappa shape index (κ2) is 9.26. The molecular weight excluding hydrogens is 410 g/mol. The van der Waals surface area contributed by atoms with E-state index in [4.69, 9.17) is 0 Å². The number of aromatic nitrogens is 2. The number of piperidine rings is 1. The summed E-state index contributed by atoms with van der Waals surface area (Å²) >= 11 is 1.30. The smallest absolute Gasteiger partial charge is 0.321 e. The van der Waals surface area contributed by atoms with Crippen LogP contribution < -0.4 is 10.6 Å². The molecule has 1 aliphatic heterocycles. The van der Waals surface area contributed by atoms with Gasteiger partial charge in [0.25, 0.3) is 5.91 Å². The topological polar surface area (TPSA) is 87.2 Å². The van der Waals surface area contributed by atoms with Gasteiger partial charge in [-0.05, 0) is 50.5 Å². The van der Waals surface area contributed by atoms with Crippen LogP contribution in [-0.4, -0.2) is 40.1 Å². The van der Waals surface area contributed by atoms with Crippen molar-refractivity contribution in [2.45, 2.75) is 32.6 Å². The lowest BCUT2D eigenvalue weighted by atomic mass is 9.99. The number of rotatable bonds is 4. The van der Waals surface area contributed by atoms with Crippen LogP contribution in [0.25, 0.3) is 0 Å². The first-order valence-corrected chi connectivity index (χ1v) is 11.1. The van der Waals surface area contributed by atoms with Gasteiger partial charge >= 0.3 is 6.03 Å². The van der Waals surface area contributed by atoms with E-state index in [1.54, 1.807) is 0 Å². The zero-order valence-corrected chi connectivity index (χ0v) is 18.4. The molecule has 2 aromatic carbocycles. The highest BCUT2D eigenvalue weighted by Crippen LogP contribution is 2.30. The second-order valence-electron chi connectivity index (χ2n) is 7.80. The summed E-state index contributed by atoms with van der Waals surface area (Å²) < 4.78 is 0. The zero-order chi connectivity index (χ0) is 21.8. The summed E-state index contributed by atoms with van der Waals surface area (Å²) in [5.41, 5.74) is 3.75. The van der Waals surface area contributed by atoms with Crippen molar-refractivity contribution in [2.24, 2.45) is 0 Å². The number of hydrogen-bond donors (Lipinski definition) is 2. The third-order valence-electron chi connectivity index (χ3n) is 5.35. The maximum absolute atomic E-state index is 12.8. The molecule has 1 aliphatic rings. The average molecular weight is 436 g/mol. The standard InChI is InChI=1S/C23H25N5O2S/c1-15-10-11-19(16(2)13-15)25-23(30)28-12-6-7-17(14-28)21-26-27-22(31-21)20(29)24-18-8-4-3-5-9-18/h3-5,8-11,13,17H,6-7,12,14H2,1-2H3,(H,24,29)(H,25,30)/t17-/m0/s1. The lowest BCUT2D eigenvalue weighted by Crippen LogP contribution is -2.41. The van der Waals surface area contributed by atoms with E-state index < -0.39 is 0 Å². The van der Waals surface area contributed by atoms with Crippen molar-refractivity contribution in [3.8, 4) is 0 Å². The number of amides is 3. The Labute approximate surface area is 185 Å². The molecule has 160 valence electrons. The van der Waals surface area contributed by atoms with Gasteiger partial charge in [0.2, 0.25) is 5.01 Å². The van der Waals surface area contributed by atoms with Gasteiger partial charge in [0.15, 0.2) is 0 Å². The highest BCUT2D eigenvalue weighted by atomic mass is 32.1. The summed E-state index contributed by atoms with van der Waals surface area (Å²) in [5.74, 6) is -0.190. The molecule has 0 aliphatic carbocycles. The predicted octanol–water partition coefficient (Wildman–Crippen LogP) is 4.82. The van der Waals surface area contributed by atoms with Crippen molar-refractivity contribution < 1.29 is 9.59 Å². The molecule has 0 spiro atoms. The van der Waals surface area contributed by atoms with Gasteiger partial charge in [0, 0.05) is 30.4 Å². The molecule has 1 atom stereocenters. The Balaban J connectivity index is 1.39. The van der Waals surface area contributed by atoms with E-state index in [1.165, 1.54) is 11.3 Å². The van der Waals surface area contributed by atoms with Crippen LogP contribution >= 0.6 is 11.3 Å². The Morgan fingerprint density at radius 2 is 1.87 bits per heavy atom. The van der Waals surface area contributed by atoms with Gasteiger partial charge in [-0.2, -0.15) is 0 Å². The van der Waals surface area contributed by atoms with Crippen LogP contribution in [0.15, 0.2) is 48.5 Å². The van der Waals surface area contributed by atoms with Gasteiger partial charge in [0.1, 0.15) is 5.01 Å². The predicted molar refractivity (Wildman–Crippen MR) is 123 cm³/mol. The van der Waals surface area contributed by atoms with Gasteiger partial charge in [-0.3, -0.25) is 4.79 Å². The number of benzene rings is 2. The molecule has 1 fully saturated rings. The fraction of sp³-hybridized carbons (Fsp3) is 0.304. The molecule has 3 aromatic rings. The number of hydrogen-bond acceptors (Lipinski definition) is 5. The molecule has 7 nitrogen and oxygen atoms in total. The average Bonchev–Trinajstić information content (AvgIpc) is 3.27. The molecule has 1 saturated heterocycles. The van der Waals surface area contributed by atoms with Crippen molar-refractivity contribution in [2.75, 3.05) is 23.7 Å². The maximum atomic E-state index is 12.8. The fourth-order valence-corrected chi connectivity index (χ4v) is 4.57. The van der Waals surface area contributed by atoms with Crippen molar-refractivity contribution in [3.63, 3.8) is 0 Å². The third kappa shape index (κ3) is 5.08. The van der Waals surface area contributed by atoms with E-state index in [9.17, 15) is 9.59 Å². The number of likely N-dealkylation sites (tertiary alicyclic amines) is 1. The van der Waals surface area contributed by atoms with Crippen LogP contribution in [0.4, 0.5) is 16.2 Å². The highest BCUT2D eigenvalue weighted by molar-refractivity contribution is 7.13. The molecule has 31 heavy (non-hydrogen) atoms. The van der Waals surface area contributed by atoms with E-state index in [0.717, 1.165) is 40.4 Å². The Morgan fingerprint density at radius 3 is 2.65 bits per heavy atom. The maximum Gasteiger partial charge on any atom is 0.321 e. The molecule has 0 saturated carbocycles. The summed E-state index contributed by atoms with van der Waals surface area (Å²) in [5, 5.41) is 15.3. The number of carbonyl (C=O) groups is 2. The van der Waals surface area contributed by atoms with Crippen LogP contribution in [0, 0.1) is 13.8 Å². The molecule has 4 rings (SSSR count). The molecule has 8 heteroatoms. The summed E-state index contributed by atoms with van der Waals surface area (Å²) in [4.78, 5) is 27.1. The summed E-state index contributed by atoms with van der Waals surface area (Å²) in [6, 6.07) is 15.1. The van der Waals surface area contributed by atoms with Gasteiger partial charge in [-0.25, -0.2) is 4.79 Å². The van der Waals surface area contributed by atoms with E-state index in [0.29, 0.717) is 18.1 Å². The van der Waals surface area contributed by atoms with E-state index >= 15 is 0 Å². The molecule has 0 radical (unpaired) electrons. The number of urea groups is 1. The Bertz CT molecular complexity index is 1080. The molecule has 2 N–H and O–H groups in total. The first-order chi connectivity index (χ1) is 15.0. The highest BCUT2D eigenvalue weighted by Gasteiger charge is 2.28. The minimum atomic E-state index is -0.268. The van der Waals surface area contributed by atoms with Gasteiger partial charge in [-0.1, -0.05) is 47.2 Å². The fourth-order valence-electron chi connectivity index (χ4n) is 3.71. The van der Waals surface area contributed by atoms with Crippen molar-refractivity contribution in [1.82, 2.24) is 15.1 Å². The summed E-state index contributed by atoms with van der Waals surface area (Å²) in [7, 11) is 0. The molecule has 0 unspecified atom stereocenters. The van der Waals surface area contributed by atoms with Crippen LogP contribution in [-0.2, 0) is 0 Å². The monoisotopic (exact) mass is 435 g/mol.